The smallest absolute Gasteiger partial charge is 0.187 e. The molecule has 0 amide bonds. The fourth-order valence-electron chi connectivity index (χ4n) is 2.69. The molecule has 0 nitrogen and oxygen atoms in total. The van der Waals surface area contributed by atoms with E-state index >= 15 is 0 Å². The highest BCUT2D eigenvalue weighted by atomic mass is 32.2. The van der Waals surface area contributed by atoms with E-state index in [2.05, 4.69) is 42.5 Å². The molecule has 96 valence electrons. The van der Waals surface area contributed by atoms with Gasteiger partial charge in [0, 0.05) is 21.9 Å². The second kappa shape index (κ2) is 4.43. The Morgan fingerprint density at radius 3 is 2.20 bits per heavy atom. The normalized spacial score (nSPS) is 12.2. The van der Waals surface area contributed by atoms with Gasteiger partial charge in [0.2, 0.25) is 0 Å². The highest BCUT2D eigenvalue weighted by Crippen LogP contribution is 2.48. The molecule has 0 radical (unpaired) electrons. The average molecular weight is 279 g/mol. The van der Waals surface area contributed by atoms with E-state index in [-0.39, 0.29) is 16.3 Å². The first-order valence-corrected chi connectivity index (χ1v) is 7.75. The van der Waals surface area contributed by atoms with Gasteiger partial charge < -0.3 is 0 Å². The van der Waals surface area contributed by atoms with Gasteiger partial charge in [-0.05, 0) is 36.4 Å². The average Bonchev–Trinajstić information content (AvgIpc) is 2.82. The number of hydrogen-bond donors (Lipinski definition) is 0. The van der Waals surface area contributed by atoms with Crippen LogP contribution >= 0.6 is 10.5 Å². The summed E-state index contributed by atoms with van der Waals surface area (Å²) < 4.78 is 16.1. The second-order valence-electron chi connectivity index (χ2n) is 4.76. The molecule has 0 spiro atoms. The Morgan fingerprint density at radius 1 is 0.650 bits per heavy atom. The number of thiophene rings is 1. The van der Waals surface area contributed by atoms with Crippen LogP contribution in [0.15, 0.2) is 72.8 Å². The first kappa shape index (κ1) is 11.6. The van der Waals surface area contributed by atoms with Crippen LogP contribution in [0.5, 0.6) is 0 Å². The SMILES string of the molecule is Fc1ccc2c(c1)c1ccccc1[s+]2-c1ccccc1. The molecule has 0 bridgehead atoms. The van der Waals surface area contributed by atoms with E-state index in [0.29, 0.717) is 0 Å². The van der Waals surface area contributed by atoms with Crippen LogP contribution in [-0.2, 0) is 0 Å². The van der Waals surface area contributed by atoms with Crippen LogP contribution in [0.25, 0.3) is 25.1 Å². The van der Waals surface area contributed by atoms with Crippen LogP contribution < -0.4 is 0 Å². The largest absolute Gasteiger partial charge is 0.207 e. The fourth-order valence-corrected chi connectivity index (χ4v) is 5.07. The molecule has 0 saturated carbocycles. The third-order valence-electron chi connectivity index (χ3n) is 3.54. The van der Waals surface area contributed by atoms with Crippen molar-refractivity contribution < 1.29 is 4.39 Å². The molecule has 2 heteroatoms. The summed E-state index contributed by atoms with van der Waals surface area (Å²) in [5.74, 6) is -0.169. The Balaban J connectivity index is 2.22. The van der Waals surface area contributed by atoms with Gasteiger partial charge in [0.15, 0.2) is 14.3 Å². The Labute approximate surface area is 119 Å². The molecule has 0 saturated heterocycles. The van der Waals surface area contributed by atoms with Crippen molar-refractivity contribution in [2.24, 2.45) is 0 Å². The van der Waals surface area contributed by atoms with Gasteiger partial charge in [-0.2, -0.15) is 0 Å². The molecule has 0 aliphatic rings. The van der Waals surface area contributed by atoms with Gasteiger partial charge in [-0.15, -0.1) is 0 Å². The lowest BCUT2D eigenvalue weighted by molar-refractivity contribution is 0.630. The summed E-state index contributed by atoms with van der Waals surface area (Å²) in [5, 5.41) is 2.20. The van der Waals surface area contributed by atoms with Crippen molar-refractivity contribution in [1.82, 2.24) is 0 Å². The van der Waals surface area contributed by atoms with Crippen molar-refractivity contribution in [3.8, 4) is 4.90 Å². The highest BCUT2D eigenvalue weighted by Gasteiger charge is 2.23. The summed E-state index contributed by atoms with van der Waals surface area (Å²) >= 11 is 0. The minimum absolute atomic E-state index is 0.115. The zero-order valence-electron chi connectivity index (χ0n) is 10.7. The number of rotatable bonds is 1. The quantitative estimate of drug-likeness (QED) is 0.382. The maximum Gasteiger partial charge on any atom is 0.187 e. The first-order chi connectivity index (χ1) is 9.84. The van der Waals surface area contributed by atoms with Crippen molar-refractivity contribution in [3.05, 3.63) is 78.6 Å². The molecule has 0 aliphatic carbocycles. The number of fused-ring (bicyclic) bond motifs is 3. The van der Waals surface area contributed by atoms with Crippen LogP contribution in [-0.4, -0.2) is 0 Å². The van der Waals surface area contributed by atoms with Gasteiger partial charge in [-0.1, -0.05) is 30.3 Å². The minimum Gasteiger partial charge on any atom is -0.207 e. The zero-order chi connectivity index (χ0) is 13.5. The molecule has 0 N–H and O–H groups in total. The lowest BCUT2D eigenvalue weighted by Crippen LogP contribution is -1.72. The van der Waals surface area contributed by atoms with Crippen LogP contribution in [0.1, 0.15) is 0 Å². The monoisotopic (exact) mass is 279 g/mol. The molecule has 1 unspecified atom stereocenters. The Morgan fingerprint density at radius 2 is 1.35 bits per heavy atom. The molecule has 1 atom stereocenters. The van der Waals surface area contributed by atoms with Crippen molar-refractivity contribution in [3.63, 3.8) is 0 Å². The Bertz CT molecular complexity index is 907. The van der Waals surface area contributed by atoms with Crippen LogP contribution in [0.2, 0.25) is 0 Å². The maximum atomic E-state index is 13.6. The van der Waals surface area contributed by atoms with Gasteiger partial charge in [0.05, 0.1) is 5.39 Å². The molecule has 20 heavy (non-hydrogen) atoms. The van der Waals surface area contributed by atoms with Crippen molar-refractivity contribution in [2.45, 2.75) is 0 Å². The number of halogens is 1. The molecule has 4 rings (SSSR count). The molecule has 3 aromatic carbocycles. The van der Waals surface area contributed by atoms with Crippen molar-refractivity contribution in [2.75, 3.05) is 0 Å². The van der Waals surface area contributed by atoms with E-state index in [4.69, 9.17) is 0 Å². The van der Waals surface area contributed by atoms with Gasteiger partial charge >= 0.3 is 0 Å². The third kappa shape index (κ3) is 1.65. The molecule has 0 fully saturated rings. The van der Waals surface area contributed by atoms with E-state index in [1.54, 1.807) is 12.1 Å². The lowest BCUT2D eigenvalue weighted by Gasteiger charge is -1.92. The van der Waals surface area contributed by atoms with Gasteiger partial charge in [-0.3, -0.25) is 0 Å². The van der Waals surface area contributed by atoms with Gasteiger partial charge in [0.1, 0.15) is 5.82 Å². The molecular formula is C18H12FS+. The Kier molecular flexibility index (Phi) is 2.57. The topological polar surface area (TPSA) is 0 Å². The van der Waals surface area contributed by atoms with Gasteiger partial charge in [0.25, 0.3) is 0 Å². The van der Waals surface area contributed by atoms with E-state index in [0.717, 1.165) is 10.8 Å². The highest BCUT2D eigenvalue weighted by molar-refractivity contribution is 7.50. The summed E-state index contributed by atoms with van der Waals surface area (Å²) in [6.45, 7) is 0. The van der Waals surface area contributed by atoms with Crippen LogP contribution in [0.3, 0.4) is 0 Å². The summed E-state index contributed by atoms with van der Waals surface area (Å²) in [5.41, 5.74) is 0. The van der Waals surface area contributed by atoms with Crippen LogP contribution in [0, 0.1) is 5.82 Å². The molecule has 1 aromatic heterocycles. The maximum absolute atomic E-state index is 13.6. The van der Waals surface area contributed by atoms with E-state index in [1.165, 1.54) is 14.3 Å². The van der Waals surface area contributed by atoms with E-state index < -0.39 is 0 Å². The standard InChI is InChI=1S/C18H12FS/c19-13-10-11-18-16(12-13)15-8-4-5-9-17(15)20(18)14-6-2-1-3-7-14/h1-12H/q+1. The van der Waals surface area contributed by atoms with Crippen molar-refractivity contribution in [1.29, 1.82) is 0 Å². The summed E-state index contributed by atoms with van der Waals surface area (Å²) in [6, 6.07) is 23.9. The minimum atomic E-state index is -0.169. The molecule has 0 aliphatic heterocycles. The van der Waals surface area contributed by atoms with Crippen molar-refractivity contribution >= 4 is 30.6 Å². The summed E-state index contributed by atoms with van der Waals surface area (Å²) in [6.07, 6.45) is 0. The predicted molar refractivity (Wildman–Crippen MR) is 85.2 cm³/mol. The van der Waals surface area contributed by atoms with Gasteiger partial charge in [-0.25, -0.2) is 4.39 Å². The molecule has 1 heterocycles. The van der Waals surface area contributed by atoms with Crippen LogP contribution in [0.4, 0.5) is 4.39 Å². The zero-order valence-corrected chi connectivity index (χ0v) is 11.5. The second-order valence-corrected chi connectivity index (χ2v) is 6.72. The van der Waals surface area contributed by atoms with E-state index in [9.17, 15) is 4.39 Å². The summed E-state index contributed by atoms with van der Waals surface area (Å²) in [7, 11) is -0.115. The third-order valence-corrected chi connectivity index (χ3v) is 5.87. The first-order valence-electron chi connectivity index (χ1n) is 6.53. The number of benzene rings is 3. The predicted octanol–water partition coefficient (Wildman–Crippen LogP) is 5.87. The molecular weight excluding hydrogens is 267 g/mol. The molecule has 4 aromatic rings. The fraction of sp³-hybridized carbons (Fsp3) is 0. The Hall–Kier alpha value is -2.19. The number of hydrogen-bond acceptors (Lipinski definition) is 0. The lowest BCUT2D eigenvalue weighted by atomic mass is 10.1. The summed E-state index contributed by atoms with van der Waals surface area (Å²) in [4.78, 5) is 1.28. The van der Waals surface area contributed by atoms with E-state index in [1.807, 2.05) is 18.2 Å².